The van der Waals surface area contributed by atoms with Crippen molar-refractivity contribution in [1.29, 1.82) is 0 Å². The van der Waals surface area contributed by atoms with Crippen molar-refractivity contribution in [2.75, 3.05) is 31.2 Å². The molecule has 25 heavy (non-hydrogen) atoms. The first-order chi connectivity index (χ1) is 12.2. The largest absolute Gasteiger partial charge is 0.486 e. The topological polar surface area (TPSA) is 82.5 Å². The predicted octanol–water partition coefficient (Wildman–Crippen LogP) is 3.15. The molecule has 6 heteroatoms. The average molecular weight is 359 g/mol. The SMILES string of the molecule is CCC(Oc1ccccc1Sc1ccc(N)c(N)c1)C1CNCCO1. The molecular weight excluding hydrogens is 334 g/mol. The zero-order valence-electron chi connectivity index (χ0n) is 14.4. The lowest BCUT2D eigenvalue weighted by Crippen LogP contribution is -2.47. The lowest BCUT2D eigenvalue weighted by molar-refractivity contribution is -0.0435. The second kappa shape index (κ2) is 8.47. The fourth-order valence-corrected chi connectivity index (χ4v) is 3.72. The number of morpholine rings is 1. The van der Waals surface area contributed by atoms with Gasteiger partial charge in [0, 0.05) is 18.0 Å². The minimum absolute atomic E-state index is 0.0195. The minimum Gasteiger partial charge on any atom is -0.486 e. The third kappa shape index (κ3) is 4.60. The molecule has 0 aromatic heterocycles. The number of nitrogen functional groups attached to an aromatic ring is 2. The van der Waals surface area contributed by atoms with Crippen molar-refractivity contribution in [2.24, 2.45) is 0 Å². The van der Waals surface area contributed by atoms with Crippen LogP contribution in [-0.2, 0) is 4.74 Å². The van der Waals surface area contributed by atoms with Crippen molar-refractivity contribution in [2.45, 2.75) is 35.3 Å². The van der Waals surface area contributed by atoms with Gasteiger partial charge in [0.05, 0.1) is 22.9 Å². The number of hydrogen-bond donors (Lipinski definition) is 3. The van der Waals surface area contributed by atoms with Gasteiger partial charge >= 0.3 is 0 Å². The molecule has 1 fully saturated rings. The summed E-state index contributed by atoms with van der Waals surface area (Å²) in [4.78, 5) is 2.08. The zero-order valence-corrected chi connectivity index (χ0v) is 15.2. The fraction of sp³-hybridized carbons (Fsp3) is 0.368. The number of benzene rings is 2. The molecule has 2 aromatic carbocycles. The Balaban J connectivity index is 1.76. The van der Waals surface area contributed by atoms with E-state index in [4.69, 9.17) is 20.9 Å². The molecule has 1 heterocycles. The van der Waals surface area contributed by atoms with Crippen LogP contribution >= 0.6 is 11.8 Å². The monoisotopic (exact) mass is 359 g/mol. The Bertz CT molecular complexity index is 705. The van der Waals surface area contributed by atoms with Crippen LogP contribution in [-0.4, -0.2) is 31.9 Å². The number of ether oxygens (including phenoxy) is 2. The van der Waals surface area contributed by atoms with E-state index < -0.39 is 0 Å². The Morgan fingerprint density at radius 1 is 1.24 bits per heavy atom. The van der Waals surface area contributed by atoms with Gasteiger partial charge in [-0.05, 0) is 36.8 Å². The van der Waals surface area contributed by atoms with E-state index in [9.17, 15) is 0 Å². The van der Waals surface area contributed by atoms with Crippen molar-refractivity contribution in [3.63, 3.8) is 0 Å². The van der Waals surface area contributed by atoms with Crippen LogP contribution in [0.3, 0.4) is 0 Å². The lowest BCUT2D eigenvalue weighted by atomic mass is 10.1. The number of anilines is 2. The van der Waals surface area contributed by atoms with E-state index in [1.54, 1.807) is 11.8 Å². The van der Waals surface area contributed by atoms with Crippen LogP contribution < -0.4 is 21.5 Å². The maximum absolute atomic E-state index is 6.32. The van der Waals surface area contributed by atoms with Crippen molar-refractivity contribution in [3.8, 4) is 5.75 Å². The van der Waals surface area contributed by atoms with E-state index in [0.717, 1.165) is 41.7 Å². The zero-order chi connectivity index (χ0) is 17.6. The molecule has 3 rings (SSSR count). The smallest absolute Gasteiger partial charge is 0.133 e. The van der Waals surface area contributed by atoms with E-state index in [-0.39, 0.29) is 12.2 Å². The Hall–Kier alpha value is -1.89. The van der Waals surface area contributed by atoms with E-state index in [1.807, 2.05) is 36.4 Å². The van der Waals surface area contributed by atoms with Crippen molar-refractivity contribution in [1.82, 2.24) is 5.32 Å². The first-order valence-electron chi connectivity index (χ1n) is 8.58. The van der Waals surface area contributed by atoms with Gasteiger partial charge in [-0.2, -0.15) is 0 Å². The summed E-state index contributed by atoms with van der Waals surface area (Å²) in [6.45, 7) is 4.57. The molecule has 2 unspecified atom stereocenters. The highest BCUT2D eigenvalue weighted by molar-refractivity contribution is 7.99. The van der Waals surface area contributed by atoms with Crippen LogP contribution in [0.15, 0.2) is 52.3 Å². The standard InChI is InChI=1S/C19H25N3O2S/c1-2-16(18-12-22-9-10-23-18)24-17-5-3-4-6-19(17)25-13-7-8-14(20)15(21)11-13/h3-8,11,16,18,22H,2,9-10,12,20-21H2,1H3. The van der Waals surface area contributed by atoms with Gasteiger partial charge < -0.3 is 26.3 Å². The molecule has 0 spiro atoms. The molecule has 1 aliphatic heterocycles. The van der Waals surface area contributed by atoms with Gasteiger partial charge in [0.25, 0.3) is 0 Å². The second-order valence-electron chi connectivity index (χ2n) is 6.02. The fourth-order valence-electron chi connectivity index (χ4n) is 2.78. The van der Waals surface area contributed by atoms with Crippen molar-refractivity contribution < 1.29 is 9.47 Å². The van der Waals surface area contributed by atoms with E-state index >= 15 is 0 Å². The molecule has 0 bridgehead atoms. The molecule has 2 atom stereocenters. The van der Waals surface area contributed by atoms with E-state index in [0.29, 0.717) is 11.4 Å². The van der Waals surface area contributed by atoms with Crippen LogP contribution in [0.25, 0.3) is 0 Å². The molecular formula is C19H25N3O2S. The molecule has 2 aromatic rings. The highest BCUT2D eigenvalue weighted by atomic mass is 32.2. The van der Waals surface area contributed by atoms with Gasteiger partial charge in [0.2, 0.25) is 0 Å². The molecule has 5 N–H and O–H groups in total. The van der Waals surface area contributed by atoms with Crippen LogP contribution in [0.5, 0.6) is 5.75 Å². The van der Waals surface area contributed by atoms with Crippen LogP contribution in [0, 0.1) is 0 Å². The quantitative estimate of drug-likeness (QED) is 0.687. The van der Waals surface area contributed by atoms with Gasteiger partial charge in [0.1, 0.15) is 18.0 Å². The highest BCUT2D eigenvalue weighted by Crippen LogP contribution is 2.37. The Kier molecular flexibility index (Phi) is 6.07. The third-order valence-electron chi connectivity index (χ3n) is 4.19. The summed E-state index contributed by atoms with van der Waals surface area (Å²) in [5.74, 6) is 0.865. The van der Waals surface area contributed by atoms with Gasteiger partial charge in [-0.3, -0.25) is 0 Å². The van der Waals surface area contributed by atoms with Gasteiger partial charge in [0.15, 0.2) is 0 Å². The number of rotatable bonds is 6. The second-order valence-corrected chi connectivity index (χ2v) is 7.13. The third-order valence-corrected chi connectivity index (χ3v) is 5.23. The normalized spacial score (nSPS) is 18.7. The lowest BCUT2D eigenvalue weighted by Gasteiger charge is -2.31. The number of hydrogen-bond acceptors (Lipinski definition) is 6. The number of nitrogens with one attached hydrogen (secondary N) is 1. The molecule has 0 radical (unpaired) electrons. The molecule has 134 valence electrons. The molecule has 5 nitrogen and oxygen atoms in total. The summed E-state index contributed by atoms with van der Waals surface area (Å²) >= 11 is 1.62. The number of para-hydroxylation sites is 1. The minimum atomic E-state index is 0.0195. The summed E-state index contributed by atoms with van der Waals surface area (Å²) < 4.78 is 12.2. The molecule has 0 amide bonds. The molecule has 1 aliphatic rings. The van der Waals surface area contributed by atoms with Gasteiger partial charge in [-0.1, -0.05) is 30.8 Å². The van der Waals surface area contributed by atoms with Crippen molar-refractivity contribution >= 4 is 23.1 Å². The summed E-state index contributed by atoms with van der Waals surface area (Å²) in [6.07, 6.45) is 0.982. The summed E-state index contributed by atoms with van der Waals surface area (Å²) in [5.41, 5.74) is 12.9. The Labute approximate surface area is 153 Å². The van der Waals surface area contributed by atoms with Crippen molar-refractivity contribution in [3.05, 3.63) is 42.5 Å². The van der Waals surface area contributed by atoms with E-state index in [1.165, 1.54) is 0 Å². The van der Waals surface area contributed by atoms with E-state index in [2.05, 4.69) is 18.3 Å². The Morgan fingerprint density at radius 3 is 2.80 bits per heavy atom. The summed E-state index contributed by atoms with van der Waals surface area (Å²) in [7, 11) is 0. The van der Waals surface area contributed by atoms with Crippen LogP contribution in [0.4, 0.5) is 11.4 Å². The molecule has 1 saturated heterocycles. The average Bonchev–Trinajstić information content (AvgIpc) is 2.65. The first-order valence-corrected chi connectivity index (χ1v) is 9.40. The van der Waals surface area contributed by atoms with Gasteiger partial charge in [-0.25, -0.2) is 0 Å². The molecule has 0 saturated carbocycles. The summed E-state index contributed by atoms with van der Waals surface area (Å²) in [6, 6.07) is 13.7. The number of nitrogens with two attached hydrogens (primary N) is 2. The molecule has 0 aliphatic carbocycles. The first kappa shape index (κ1) is 17.9. The summed E-state index contributed by atoms with van der Waals surface area (Å²) in [5, 5.41) is 3.37. The van der Waals surface area contributed by atoms with Gasteiger partial charge in [-0.15, -0.1) is 0 Å². The maximum atomic E-state index is 6.32. The van der Waals surface area contributed by atoms with Crippen LogP contribution in [0.2, 0.25) is 0 Å². The Morgan fingerprint density at radius 2 is 2.08 bits per heavy atom. The highest BCUT2D eigenvalue weighted by Gasteiger charge is 2.25. The van der Waals surface area contributed by atoms with Crippen LogP contribution in [0.1, 0.15) is 13.3 Å². The maximum Gasteiger partial charge on any atom is 0.133 e. The predicted molar refractivity (Wildman–Crippen MR) is 103 cm³/mol.